The Balaban J connectivity index is 2.66. The zero-order chi connectivity index (χ0) is 8.72. The molecule has 0 saturated carbocycles. The second-order valence-electron chi connectivity index (χ2n) is 2.26. The molecule has 0 radical (unpaired) electrons. The fraction of sp³-hybridized carbons (Fsp3) is 0.200. The van der Waals surface area contributed by atoms with Gasteiger partial charge in [-0.15, -0.1) is 5.11 Å². The van der Waals surface area contributed by atoms with Crippen LogP contribution in [0.5, 0.6) is 0 Å². The molecule has 0 bridgehead atoms. The number of hydrogen-bond acceptors (Lipinski definition) is 6. The van der Waals surface area contributed by atoms with Crippen molar-refractivity contribution in [1.82, 2.24) is 9.97 Å². The second kappa shape index (κ2) is 2.28. The Bertz CT molecular complexity index is 361. The van der Waals surface area contributed by atoms with Crippen molar-refractivity contribution >= 4 is 29.2 Å². The van der Waals surface area contributed by atoms with E-state index in [0.717, 1.165) is 0 Å². The number of nitrogens with zero attached hydrogens (tertiary/aromatic N) is 4. The van der Waals surface area contributed by atoms with E-state index in [-0.39, 0.29) is 11.8 Å². The Morgan fingerprint density at radius 2 is 2.00 bits per heavy atom. The highest BCUT2D eigenvalue weighted by Crippen LogP contribution is 2.39. The Labute approximate surface area is 72.7 Å². The van der Waals surface area contributed by atoms with Gasteiger partial charge in [0.05, 0.1) is 5.56 Å². The Morgan fingerprint density at radius 1 is 1.25 bits per heavy atom. The summed E-state index contributed by atoms with van der Waals surface area (Å²) in [5.74, 6) is 0.679. The van der Waals surface area contributed by atoms with Crippen molar-refractivity contribution in [1.29, 1.82) is 0 Å². The van der Waals surface area contributed by atoms with Crippen LogP contribution in [0.4, 0.5) is 17.6 Å². The molecule has 0 spiro atoms. The lowest BCUT2D eigenvalue weighted by Gasteiger charge is -2.02. The maximum atomic E-state index is 5.74. The third-order valence-corrected chi connectivity index (χ3v) is 1.77. The van der Waals surface area contributed by atoms with Crippen LogP contribution >= 0.6 is 11.6 Å². The highest BCUT2D eigenvalue weighted by Gasteiger charge is 2.23. The molecule has 0 saturated heterocycles. The molecule has 0 unspecified atom stereocenters. The summed E-state index contributed by atoms with van der Waals surface area (Å²) in [5.41, 5.74) is 10.8. The molecule has 2 heterocycles. The highest BCUT2D eigenvalue weighted by atomic mass is 35.5. The number of halogens is 1. The number of nitrogens with two attached hydrogens (primary N) is 2. The van der Waals surface area contributed by atoms with Crippen LogP contribution in [0.1, 0.15) is 11.1 Å². The average molecular weight is 185 g/mol. The number of anilines is 2. The number of rotatable bonds is 0. The Hall–Kier alpha value is -1.43. The molecule has 7 heteroatoms. The van der Waals surface area contributed by atoms with Gasteiger partial charge in [-0.1, -0.05) is 11.6 Å². The van der Waals surface area contributed by atoms with E-state index in [9.17, 15) is 0 Å². The largest absolute Gasteiger partial charge is 0.383 e. The number of nitrogen functional groups attached to an aromatic ring is 2. The second-order valence-corrected chi connectivity index (χ2v) is 2.67. The topological polar surface area (TPSA) is 103 Å². The summed E-state index contributed by atoms with van der Waals surface area (Å²) < 4.78 is 0. The summed E-state index contributed by atoms with van der Waals surface area (Å²) >= 11 is 5.74. The molecule has 0 aliphatic carbocycles. The van der Waals surface area contributed by atoms with E-state index in [2.05, 4.69) is 20.2 Å². The monoisotopic (exact) mass is 184 g/mol. The summed E-state index contributed by atoms with van der Waals surface area (Å²) in [5, 5.41) is 7.34. The first-order valence-corrected chi connectivity index (χ1v) is 3.60. The van der Waals surface area contributed by atoms with E-state index in [4.69, 9.17) is 23.1 Å². The Kier molecular flexibility index (Phi) is 1.37. The number of aromatic nitrogens is 2. The molecule has 0 aromatic carbocycles. The van der Waals surface area contributed by atoms with Crippen LogP contribution < -0.4 is 11.5 Å². The van der Waals surface area contributed by atoms with Gasteiger partial charge in [0, 0.05) is 0 Å². The summed E-state index contributed by atoms with van der Waals surface area (Å²) in [4.78, 5) is 7.54. The van der Waals surface area contributed by atoms with Crippen LogP contribution in [0.3, 0.4) is 0 Å². The molecule has 62 valence electrons. The van der Waals surface area contributed by atoms with Gasteiger partial charge in [-0.25, -0.2) is 0 Å². The van der Waals surface area contributed by atoms with Crippen LogP contribution in [0.25, 0.3) is 0 Å². The van der Waals surface area contributed by atoms with Gasteiger partial charge in [0.15, 0.2) is 11.3 Å². The first-order chi connectivity index (χ1) is 5.68. The predicted octanol–water partition coefficient (Wildman–Crippen LogP) is 0.976. The third kappa shape index (κ3) is 0.884. The van der Waals surface area contributed by atoms with Crippen molar-refractivity contribution < 1.29 is 0 Å². The quantitative estimate of drug-likeness (QED) is 0.463. The molecule has 1 aliphatic rings. The maximum Gasteiger partial charge on any atom is 0.224 e. The van der Waals surface area contributed by atoms with Crippen molar-refractivity contribution in [2.24, 2.45) is 10.2 Å². The maximum absolute atomic E-state index is 5.74. The van der Waals surface area contributed by atoms with Crippen molar-refractivity contribution in [2.75, 3.05) is 11.5 Å². The number of azo groups is 1. The van der Waals surface area contributed by atoms with Gasteiger partial charge in [0.25, 0.3) is 0 Å². The SMILES string of the molecule is Nc1nc(N)c2c(n1)N=N[C@H]2Cl. The van der Waals surface area contributed by atoms with E-state index >= 15 is 0 Å². The van der Waals surface area contributed by atoms with Crippen LogP contribution in [-0.2, 0) is 0 Å². The summed E-state index contributed by atoms with van der Waals surface area (Å²) in [6.07, 6.45) is 0. The molecule has 1 aromatic heterocycles. The van der Waals surface area contributed by atoms with Gasteiger partial charge in [0.2, 0.25) is 5.95 Å². The van der Waals surface area contributed by atoms with E-state index < -0.39 is 5.50 Å². The molecule has 4 N–H and O–H groups in total. The van der Waals surface area contributed by atoms with Crippen LogP contribution in [0.2, 0.25) is 0 Å². The smallest absolute Gasteiger partial charge is 0.224 e. The van der Waals surface area contributed by atoms with E-state index in [1.54, 1.807) is 0 Å². The molecule has 1 aromatic rings. The first kappa shape index (κ1) is 7.23. The third-order valence-electron chi connectivity index (χ3n) is 1.46. The van der Waals surface area contributed by atoms with E-state index in [0.29, 0.717) is 11.4 Å². The first-order valence-electron chi connectivity index (χ1n) is 3.16. The molecule has 2 rings (SSSR count). The van der Waals surface area contributed by atoms with Crippen molar-refractivity contribution in [3.8, 4) is 0 Å². The predicted molar refractivity (Wildman–Crippen MR) is 44.0 cm³/mol. The fourth-order valence-corrected chi connectivity index (χ4v) is 1.21. The molecule has 0 amide bonds. The van der Waals surface area contributed by atoms with Gasteiger partial charge in [-0.3, -0.25) is 0 Å². The van der Waals surface area contributed by atoms with Crippen molar-refractivity contribution in [3.63, 3.8) is 0 Å². The van der Waals surface area contributed by atoms with Gasteiger partial charge >= 0.3 is 0 Å². The average Bonchev–Trinajstić information content (AvgIpc) is 2.31. The van der Waals surface area contributed by atoms with Crippen LogP contribution in [-0.4, -0.2) is 9.97 Å². The van der Waals surface area contributed by atoms with Gasteiger partial charge in [-0.2, -0.15) is 15.1 Å². The summed E-state index contributed by atoms with van der Waals surface area (Å²) in [6.45, 7) is 0. The molecular formula is C5H5ClN6. The molecular weight excluding hydrogens is 180 g/mol. The lowest BCUT2D eigenvalue weighted by Crippen LogP contribution is -2.02. The lowest BCUT2D eigenvalue weighted by molar-refractivity contribution is 0.992. The van der Waals surface area contributed by atoms with Gasteiger partial charge in [0.1, 0.15) is 5.82 Å². The van der Waals surface area contributed by atoms with E-state index in [1.807, 2.05) is 0 Å². The summed E-state index contributed by atoms with van der Waals surface area (Å²) in [6, 6.07) is 0. The van der Waals surface area contributed by atoms with Gasteiger partial charge in [-0.05, 0) is 0 Å². The minimum atomic E-state index is -0.583. The van der Waals surface area contributed by atoms with Crippen molar-refractivity contribution in [3.05, 3.63) is 5.56 Å². The fourth-order valence-electron chi connectivity index (χ4n) is 0.960. The number of hydrogen-bond donors (Lipinski definition) is 2. The zero-order valence-corrected chi connectivity index (χ0v) is 6.65. The van der Waals surface area contributed by atoms with Gasteiger partial charge < -0.3 is 11.5 Å². The van der Waals surface area contributed by atoms with Crippen molar-refractivity contribution in [2.45, 2.75) is 5.50 Å². The summed E-state index contributed by atoms with van der Waals surface area (Å²) in [7, 11) is 0. The molecule has 0 fully saturated rings. The molecule has 6 nitrogen and oxygen atoms in total. The number of fused-ring (bicyclic) bond motifs is 1. The minimum Gasteiger partial charge on any atom is -0.383 e. The standard InChI is InChI=1S/C5H5ClN6/c6-2-1-3(7)9-5(8)10-4(1)12-11-2/h2H,(H4,7,8,9,10)/t2-/m1/s1. The number of alkyl halides is 1. The molecule has 1 atom stereocenters. The normalized spacial score (nSPS) is 19.6. The van der Waals surface area contributed by atoms with Crippen LogP contribution in [0.15, 0.2) is 10.2 Å². The highest BCUT2D eigenvalue weighted by molar-refractivity contribution is 6.21. The zero-order valence-electron chi connectivity index (χ0n) is 5.90. The minimum absolute atomic E-state index is 0.0796. The van der Waals surface area contributed by atoms with E-state index in [1.165, 1.54) is 0 Å². The molecule has 12 heavy (non-hydrogen) atoms. The lowest BCUT2D eigenvalue weighted by atomic mass is 10.3. The molecule has 1 aliphatic heterocycles. The Morgan fingerprint density at radius 3 is 2.75 bits per heavy atom. The van der Waals surface area contributed by atoms with Crippen LogP contribution in [0, 0.1) is 0 Å².